The predicted molar refractivity (Wildman–Crippen MR) is 116 cm³/mol. The number of Topliss-reactive ketones (excluding diaryl/α,β-unsaturated/α-hetero) is 1. The van der Waals surface area contributed by atoms with Gasteiger partial charge in [0, 0.05) is 29.6 Å². The summed E-state index contributed by atoms with van der Waals surface area (Å²) in [6, 6.07) is 13.1. The average molecular weight is 449 g/mol. The molecular weight excluding hydrogens is 424 g/mol. The molecule has 1 N–H and O–H groups in total. The zero-order valence-electron chi connectivity index (χ0n) is 17.0. The van der Waals surface area contributed by atoms with Crippen LogP contribution in [0.2, 0.25) is 5.02 Å². The summed E-state index contributed by atoms with van der Waals surface area (Å²) in [5.41, 5.74) is 1.43. The Kier molecular flexibility index (Phi) is 6.95. The molecule has 1 aliphatic rings. The summed E-state index contributed by atoms with van der Waals surface area (Å²) in [5, 5.41) is 3.65. The van der Waals surface area contributed by atoms with Crippen LogP contribution in [0.4, 0.5) is 0 Å². The van der Waals surface area contributed by atoms with Gasteiger partial charge in [-0.25, -0.2) is 8.42 Å². The molecule has 2 aromatic carbocycles. The van der Waals surface area contributed by atoms with Gasteiger partial charge < -0.3 is 5.32 Å². The molecule has 160 valence electrons. The second-order valence-electron chi connectivity index (χ2n) is 7.54. The Morgan fingerprint density at radius 2 is 1.60 bits per heavy atom. The van der Waals surface area contributed by atoms with E-state index in [-0.39, 0.29) is 41.6 Å². The highest BCUT2D eigenvalue weighted by Gasteiger charge is 2.32. The van der Waals surface area contributed by atoms with Crippen molar-refractivity contribution in [3.8, 4) is 0 Å². The van der Waals surface area contributed by atoms with Crippen LogP contribution in [-0.4, -0.2) is 37.5 Å². The van der Waals surface area contributed by atoms with E-state index in [4.69, 9.17) is 11.6 Å². The van der Waals surface area contributed by atoms with Crippen LogP contribution in [0.25, 0.3) is 0 Å². The molecule has 1 saturated heterocycles. The average Bonchev–Trinajstić information content (AvgIpc) is 2.74. The number of amides is 1. The van der Waals surface area contributed by atoms with Crippen LogP contribution in [0.1, 0.15) is 48.7 Å². The quantitative estimate of drug-likeness (QED) is 0.681. The number of hydrogen-bond donors (Lipinski definition) is 1. The van der Waals surface area contributed by atoms with Crippen molar-refractivity contribution < 1.29 is 18.0 Å². The molecule has 0 aromatic heterocycles. The van der Waals surface area contributed by atoms with Crippen molar-refractivity contribution in [2.45, 2.75) is 37.6 Å². The van der Waals surface area contributed by atoms with Crippen molar-refractivity contribution in [1.29, 1.82) is 0 Å². The highest BCUT2D eigenvalue weighted by Crippen LogP contribution is 2.25. The first-order valence-corrected chi connectivity index (χ1v) is 11.7. The van der Waals surface area contributed by atoms with E-state index in [1.807, 2.05) is 19.1 Å². The first-order valence-electron chi connectivity index (χ1n) is 9.85. The number of benzene rings is 2. The minimum Gasteiger partial charge on any atom is -0.349 e. The maximum Gasteiger partial charge on any atom is 0.243 e. The zero-order valence-corrected chi connectivity index (χ0v) is 18.5. The van der Waals surface area contributed by atoms with Crippen molar-refractivity contribution in [2.24, 2.45) is 5.92 Å². The van der Waals surface area contributed by atoms with E-state index in [9.17, 15) is 18.0 Å². The maximum absolute atomic E-state index is 12.9. The van der Waals surface area contributed by atoms with Gasteiger partial charge in [0.1, 0.15) is 0 Å². The van der Waals surface area contributed by atoms with Gasteiger partial charge >= 0.3 is 0 Å². The lowest BCUT2D eigenvalue weighted by molar-refractivity contribution is -0.126. The Bertz CT molecular complexity index is 1010. The number of nitrogens with one attached hydrogen (secondary N) is 1. The van der Waals surface area contributed by atoms with Crippen LogP contribution in [-0.2, 0) is 14.8 Å². The summed E-state index contributed by atoms with van der Waals surface area (Å²) >= 11 is 5.90. The van der Waals surface area contributed by atoms with Crippen LogP contribution >= 0.6 is 11.6 Å². The molecular formula is C22H25ClN2O4S. The standard InChI is InChI=1S/C22H25ClN2O4S/c1-15(17-3-7-20(23)8-4-17)24-22(27)19-11-13-25(14-12-19)30(28,29)21-9-5-18(6-10-21)16(2)26/h3-10,15,19H,11-14H2,1-2H3,(H,24,27). The van der Waals surface area contributed by atoms with E-state index in [2.05, 4.69) is 5.32 Å². The molecule has 30 heavy (non-hydrogen) atoms. The van der Waals surface area contributed by atoms with Crippen molar-refractivity contribution in [3.63, 3.8) is 0 Å². The Morgan fingerprint density at radius 1 is 1.03 bits per heavy atom. The number of hydrogen-bond acceptors (Lipinski definition) is 4. The number of rotatable bonds is 6. The molecule has 1 fully saturated rings. The highest BCUT2D eigenvalue weighted by atomic mass is 35.5. The fourth-order valence-electron chi connectivity index (χ4n) is 3.54. The van der Waals surface area contributed by atoms with E-state index in [1.54, 1.807) is 12.1 Å². The van der Waals surface area contributed by atoms with Gasteiger partial charge in [-0.3, -0.25) is 9.59 Å². The molecule has 0 aliphatic carbocycles. The van der Waals surface area contributed by atoms with Crippen molar-refractivity contribution >= 4 is 33.3 Å². The summed E-state index contributed by atoms with van der Waals surface area (Å²) < 4.78 is 27.1. The first-order chi connectivity index (χ1) is 14.2. The summed E-state index contributed by atoms with van der Waals surface area (Å²) in [6.07, 6.45) is 0.924. The molecule has 8 heteroatoms. The van der Waals surface area contributed by atoms with Gasteiger partial charge in [0.2, 0.25) is 15.9 Å². The first kappa shape index (κ1) is 22.5. The number of sulfonamides is 1. The zero-order chi connectivity index (χ0) is 21.9. The van der Waals surface area contributed by atoms with Gasteiger partial charge in [-0.05, 0) is 56.5 Å². The van der Waals surface area contributed by atoms with Crippen molar-refractivity contribution in [2.75, 3.05) is 13.1 Å². The summed E-state index contributed by atoms with van der Waals surface area (Å²) in [6.45, 7) is 3.91. The molecule has 1 atom stereocenters. The van der Waals surface area contributed by atoms with Crippen LogP contribution in [0.15, 0.2) is 53.4 Å². The van der Waals surface area contributed by atoms with Crippen LogP contribution in [0, 0.1) is 5.92 Å². The molecule has 3 rings (SSSR count). The molecule has 2 aromatic rings. The van der Waals surface area contributed by atoms with E-state index in [0.29, 0.717) is 23.4 Å². The van der Waals surface area contributed by atoms with Crippen LogP contribution < -0.4 is 5.32 Å². The minimum absolute atomic E-state index is 0.0692. The molecule has 1 unspecified atom stereocenters. The van der Waals surface area contributed by atoms with Gasteiger partial charge in [-0.15, -0.1) is 0 Å². The molecule has 1 aliphatic heterocycles. The predicted octanol–water partition coefficient (Wildman–Crippen LogP) is 3.82. The summed E-state index contributed by atoms with van der Waals surface area (Å²) in [5.74, 6) is -0.412. The third kappa shape index (κ3) is 5.09. The Labute approximate surface area is 182 Å². The molecule has 0 bridgehead atoms. The third-order valence-corrected chi connectivity index (χ3v) is 7.62. The van der Waals surface area contributed by atoms with Gasteiger partial charge in [0.05, 0.1) is 10.9 Å². The van der Waals surface area contributed by atoms with E-state index in [0.717, 1.165) is 5.56 Å². The summed E-state index contributed by atoms with van der Waals surface area (Å²) in [7, 11) is -3.65. The smallest absolute Gasteiger partial charge is 0.243 e. The highest BCUT2D eigenvalue weighted by molar-refractivity contribution is 7.89. The fraction of sp³-hybridized carbons (Fsp3) is 0.364. The Morgan fingerprint density at radius 3 is 2.13 bits per heavy atom. The molecule has 1 amide bonds. The molecule has 0 saturated carbocycles. The van der Waals surface area contributed by atoms with Gasteiger partial charge in [-0.1, -0.05) is 35.9 Å². The lowest BCUT2D eigenvalue weighted by atomic mass is 9.96. The van der Waals surface area contributed by atoms with E-state index in [1.165, 1.54) is 35.5 Å². The lowest BCUT2D eigenvalue weighted by Crippen LogP contribution is -2.43. The maximum atomic E-state index is 12.9. The SMILES string of the molecule is CC(=O)c1ccc(S(=O)(=O)N2CCC(C(=O)NC(C)c3ccc(Cl)cc3)CC2)cc1. The summed E-state index contributed by atoms with van der Waals surface area (Å²) in [4.78, 5) is 24.2. The number of ketones is 1. The van der Waals surface area contributed by atoms with E-state index < -0.39 is 10.0 Å². The molecule has 0 radical (unpaired) electrons. The molecule has 1 heterocycles. The minimum atomic E-state index is -3.65. The molecule has 6 nitrogen and oxygen atoms in total. The normalized spacial score (nSPS) is 16.8. The van der Waals surface area contributed by atoms with Crippen LogP contribution in [0.5, 0.6) is 0 Å². The number of halogens is 1. The second kappa shape index (κ2) is 9.29. The number of carbonyl (C=O) groups is 2. The Balaban J connectivity index is 1.58. The molecule has 0 spiro atoms. The van der Waals surface area contributed by atoms with Gasteiger partial charge in [0.25, 0.3) is 0 Å². The number of piperidine rings is 1. The third-order valence-electron chi connectivity index (χ3n) is 5.45. The second-order valence-corrected chi connectivity index (χ2v) is 9.92. The van der Waals surface area contributed by atoms with Crippen molar-refractivity contribution in [1.82, 2.24) is 9.62 Å². The topological polar surface area (TPSA) is 83.6 Å². The van der Waals surface area contributed by atoms with E-state index >= 15 is 0 Å². The van der Waals surface area contributed by atoms with Crippen LogP contribution in [0.3, 0.4) is 0 Å². The fourth-order valence-corrected chi connectivity index (χ4v) is 5.13. The van der Waals surface area contributed by atoms with Crippen molar-refractivity contribution in [3.05, 3.63) is 64.7 Å². The number of carbonyl (C=O) groups excluding carboxylic acids is 2. The monoisotopic (exact) mass is 448 g/mol. The van der Waals surface area contributed by atoms with Gasteiger partial charge in [0.15, 0.2) is 5.78 Å². The largest absolute Gasteiger partial charge is 0.349 e. The van der Waals surface area contributed by atoms with Gasteiger partial charge in [-0.2, -0.15) is 4.31 Å². The lowest BCUT2D eigenvalue weighted by Gasteiger charge is -2.31. The number of nitrogens with zero attached hydrogens (tertiary/aromatic N) is 1. The Hall–Kier alpha value is -2.22.